The van der Waals surface area contributed by atoms with Crippen molar-refractivity contribution in [3.05, 3.63) is 76.8 Å². The highest BCUT2D eigenvalue weighted by molar-refractivity contribution is 6.30. The molecule has 1 fully saturated rings. The number of nitrogens with one attached hydrogen (secondary N) is 1. The van der Waals surface area contributed by atoms with E-state index >= 15 is 0 Å². The number of hydrogen-bond donors (Lipinski definition) is 1. The predicted octanol–water partition coefficient (Wildman–Crippen LogP) is 5.82. The number of likely N-dealkylation sites (N-methyl/N-ethyl adjacent to an activating group) is 1. The second-order valence-electron chi connectivity index (χ2n) is 7.63. The number of hydrogen-bond acceptors (Lipinski definition) is 2. The molecule has 1 aliphatic rings. The standard InChI is InChI=1S/C23H29ClN2/c1-17-16-20(24)12-13-21(17)18(2)25-22(19-10-6-5-7-11-19)23(26(3)4)14-8-9-15-23/h5-7,10-13,16,22,25H,2,8-9,14-15H2,1,3-4H3. The van der Waals surface area contributed by atoms with Crippen molar-refractivity contribution in [2.45, 2.75) is 44.2 Å². The summed E-state index contributed by atoms with van der Waals surface area (Å²) in [5, 5.41) is 4.56. The van der Waals surface area contributed by atoms with E-state index in [9.17, 15) is 0 Å². The van der Waals surface area contributed by atoms with Crippen molar-refractivity contribution in [1.82, 2.24) is 10.2 Å². The first-order chi connectivity index (χ1) is 12.4. The number of nitrogens with zero attached hydrogens (tertiary/aromatic N) is 1. The summed E-state index contributed by atoms with van der Waals surface area (Å²) in [5.41, 5.74) is 4.65. The lowest BCUT2D eigenvalue weighted by Crippen LogP contribution is -2.51. The molecule has 1 atom stereocenters. The maximum absolute atomic E-state index is 6.13. The van der Waals surface area contributed by atoms with Crippen LogP contribution in [-0.2, 0) is 0 Å². The van der Waals surface area contributed by atoms with Gasteiger partial charge in [0.1, 0.15) is 0 Å². The van der Waals surface area contributed by atoms with Crippen LogP contribution in [0.2, 0.25) is 5.02 Å². The van der Waals surface area contributed by atoms with E-state index in [2.05, 4.69) is 74.2 Å². The van der Waals surface area contributed by atoms with Gasteiger partial charge in [0.2, 0.25) is 0 Å². The molecule has 1 N–H and O–H groups in total. The normalized spacial score (nSPS) is 17.3. The van der Waals surface area contributed by atoms with Crippen LogP contribution in [-0.4, -0.2) is 24.5 Å². The summed E-state index contributed by atoms with van der Waals surface area (Å²) in [6.45, 7) is 6.46. The van der Waals surface area contributed by atoms with Gasteiger partial charge in [0.15, 0.2) is 0 Å². The van der Waals surface area contributed by atoms with E-state index < -0.39 is 0 Å². The van der Waals surface area contributed by atoms with Crippen LogP contribution < -0.4 is 5.32 Å². The van der Waals surface area contributed by atoms with Crippen LogP contribution in [0.4, 0.5) is 0 Å². The van der Waals surface area contributed by atoms with Crippen molar-refractivity contribution in [2.75, 3.05) is 14.1 Å². The summed E-state index contributed by atoms with van der Waals surface area (Å²) in [4.78, 5) is 2.41. The van der Waals surface area contributed by atoms with Crippen LogP contribution in [0.15, 0.2) is 55.1 Å². The van der Waals surface area contributed by atoms with E-state index in [1.165, 1.54) is 31.2 Å². The minimum Gasteiger partial charge on any atom is -0.376 e. The average molecular weight is 369 g/mol. The van der Waals surface area contributed by atoms with Gasteiger partial charge in [-0.1, -0.05) is 67.4 Å². The molecule has 1 saturated carbocycles. The quantitative estimate of drug-likeness (QED) is 0.690. The Morgan fingerprint density at radius 1 is 1.12 bits per heavy atom. The fourth-order valence-corrected chi connectivity index (χ4v) is 4.60. The maximum atomic E-state index is 6.13. The van der Waals surface area contributed by atoms with Crippen LogP contribution in [0.3, 0.4) is 0 Å². The minimum atomic E-state index is 0.102. The molecule has 3 rings (SSSR count). The Hall–Kier alpha value is -1.77. The number of benzene rings is 2. The van der Waals surface area contributed by atoms with Crippen molar-refractivity contribution in [3.63, 3.8) is 0 Å². The Kier molecular flexibility index (Phi) is 5.74. The Balaban J connectivity index is 1.97. The van der Waals surface area contributed by atoms with Gasteiger partial charge in [0.25, 0.3) is 0 Å². The Morgan fingerprint density at radius 3 is 2.35 bits per heavy atom. The van der Waals surface area contributed by atoms with Crippen LogP contribution in [0, 0.1) is 6.92 Å². The molecule has 0 spiro atoms. The minimum absolute atomic E-state index is 0.102. The van der Waals surface area contributed by atoms with Crippen molar-refractivity contribution in [1.29, 1.82) is 0 Å². The van der Waals surface area contributed by atoms with E-state index in [4.69, 9.17) is 11.6 Å². The zero-order chi connectivity index (χ0) is 18.7. The van der Waals surface area contributed by atoms with Gasteiger partial charge in [-0.25, -0.2) is 0 Å². The van der Waals surface area contributed by atoms with Crippen molar-refractivity contribution >= 4 is 17.3 Å². The summed E-state index contributed by atoms with van der Waals surface area (Å²) >= 11 is 6.13. The van der Waals surface area contributed by atoms with Gasteiger partial charge in [0.05, 0.1) is 6.04 Å². The molecule has 0 heterocycles. The molecule has 2 nitrogen and oxygen atoms in total. The predicted molar refractivity (Wildman–Crippen MR) is 112 cm³/mol. The molecule has 0 radical (unpaired) electrons. The molecular weight excluding hydrogens is 340 g/mol. The monoisotopic (exact) mass is 368 g/mol. The van der Waals surface area contributed by atoms with E-state index in [0.29, 0.717) is 0 Å². The lowest BCUT2D eigenvalue weighted by atomic mass is 9.82. The molecule has 0 aliphatic heterocycles. The first-order valence-corrected chi connectivity index (χ1v) is 9.76. The first-order valence-electron chi connectivity index (χ1n) is 9.38. The van der Waals surface area contributed by atoms with Gasteiger partial charge < -0.3 is 10.2 Å². The largest absolute Gasteiger partial charge is 0.376 e. The third-order valence-corrected chi connectivity index (χ3v) is 6.10. The smallest absolute Gasteiger partial charge is 0.0697 e. The van der Waals surface area contributed by atoms with Crippen molar-refractivity contribution in [2.24, 2.45) is 0 Å². The maximum Gasteiger partial charge on any atom is 0.0697 e. The summed E-state index contributed by atoms with van der Waals surface area (Å²) in [7, 11) is 4.42. The van der Waals surface area contributed by atoms with Crippen LogP contribution in [0.1, 0.15) is 48.4 Å². The molecule has 2 aromatic carbocycles. The van der Waals surface area contributed by atoms with Crippen LogP contribution in [0.5, 0.6) is 0 Å². The van der Waals surface area contributed by atoms with Gasteiger partial charge in [0, 0.05) is 21.8 Å². The topological polar surface area (TPSA) is 15.3 Å². The van der Waals surface area contributed by atoms with E-state index in [0.717, 1.165) is 21.8 Å². The molecule has 0 amide bonds. The zero-order valence-electron chi connectivity index (χ0n) is 16.1. The summed E-state index contributed by atoms with van der Waals surface area (Å²) in [5.74, 6) is 0. The number of halogens is 1. The fourth-order valence-electron chi connectivity index (χ4n) is 4.37. The molecule has 2 aromatic rings. The average Bonchev–Trinajstić information content (AvgIpc) is 3.11. The highest BCUT2D eigenvalue weighted by Crippen LogP contribution is 2.44. The summed E-state index contributed by atoms with van der Waals surface area (Å²) < 4.78 is 0. The molecule has 138 valence electrons. The Bertz CT molecular complexity index is 761. The molecule has 3 heteroatoms. The summed E-state index contributed by atoms with van der Waals surface area (Å²) in [6.07, 6.45) is 4.93. The number of rotatable bonds is 6. The van der Waals surface area contributed by atoms with Gasteiger partial charge in [-0.05, 0) is 57.1 Å². The second-order valence-corrected chi connectivity index (χ2v) is 8.07. The van der Waals surface area contributed by atoms with E-state index in [1.807, 2.05) is 12.1 Å². The third kappa shape index (κ3) is 3.67. The highest BCUT2D eigenvalue weighted by atomic mass is 35.5. The van der Waals surface area contributed by atoms with Crippen LogP contribution >= 0.6 is 11.6 Å². The fraction of sp³-hybridized carbons (Fsp3) is 0.391. The number of aryl methyl sites for hydroxylation is 1. The summed E-state index contributed by atoms with van der Waals surface area (Å²) in [6, 6.07) is 17.0. The lowest BCUT2D eigenvalue weighted by Gasteiger charge is -2.44. The molecule has 0 bridgehead atoms. The molecular formula is C23H29ClN2. The molecule has 1 aliphatic carbocycles. The molecule has 1 unspecified atom stereocenters. The van der Waals surface area contributed by atoms with Crippen molar-refractivity contribution < 1.29 is 0 Å². The first kappa shape index (κ1) is 19.0. The third-order valence-electron chi connectivity index (χ3n) is 5.86. The van der Waals surface area contributed by atoms with E-state index in [-0.39, 0.29) is 11.6 Å². The lowest BCUT2D eigenvalue weighted by molar-refractivity contribution is 0.113. The highest BCUT2D eigenvalue weighted by Gasteiger charge is 2.44. The van der Waals surface area contributed by atoms with Gasteiger partial charge in [-0.2, -0.15) is 0 Å². The SMILES string of the molecule is C=C(NC(c1ccccc1)C1(N(C)C)CCCC1)c1ccc(Cl)cc1C. The molecule has 0 saturated heterocycles. The zero-order valence-corrected chi connectivity index (χ0v) is 16.8. The molecule has 0 aromatic heterocycles. The van der Waals surface area contributed by atoms with Gasteiger partial charge in [-0.15, -0.1) is 0 Å². The van der Waals surface area contributed by atoms with Gasteiger partial charge >= 0.3 is 0 Å². The second kappa shape index (κ2) is 7.85. The Labute approximate surface area is 162 Å². The van der Waals surface area contributed by atoms with Crippen molar-refractivity contribution in [3.8, 4) is 0 Å². The van der Waals surface area contributed by atoms with Crippen LogP contribution in [0.25, 0.3) is 5.70 Å². The van der Waals surface area contributed by atoms with E-state index in [1.54, 1.807) is 0 Å². The van der Waals surface area contributed by atoms with Gasteiger partial charge in [-0.3, -0.25) is 0 Å². The molecule has 26 heavy (non-hydrogen) atoms. The Morgan fingerprint density at radius 2 is 1.77 bits per heavy atom.